The van der Waals surface area contributed by atoms with E-state index in [0.29, 0.717) is 11.3 Å². The Morgan fingerprint density at radius 3 is 2.52 bits per heavy atom. The highest BCUT2D eigenvalue weighted by Gasteiger charge is 2.10. The maximum atomic E-state index is 13.3. The van der Waals surface area contributed by atoms with Gasteiger partial charge in [0.15, 0.2) is 0 Å². The molecule has 0 aromatic heterocycles. The molecule has 1 atom stereocenters. The Morgan fingerprint density at radius 2 is 1.86 bits per heavy atom. The van der Waals surface area contributed by atoms with E-state index in [9.17, 15) is 14.3 Å². The predicted octanol–water partition coefficient (Wildman–Crippen LogP) is 2.26. The van der Waals surface area contributed by atoms with E-state index in [1.165, 1.54) is 18.2 Å². The third kappa shape index (κ3) is 4.19. The molecular weight excluding hydrogens is 273 g/mol. The second-order valence-electron chi connectivity index (χ2n) is 4.50. The summed E-state index contributed by atoms with van der Waals surface area (Å²) in [7, 11) is 0. The second-order valence-corrected chi connectivity index (χ2v) is 4.50. The number of anilines is 2. The van der Waals surface area contributed by atoms with Crippen molar-refractivity contribution in [2.24, 2.45) is 0 Å². The zero-order valence-corrected chi connectivity index (χ0v) is 11.2. The number of urea groups is 1. The molecule has 2 aromatic rings. The lowest BCUT2D eigenvalue weighted by molar-refractivity contribution is 0.175. The van der Waals surface area contributed by atoms with Gasteiger partial charge in [0.2, 0.25) is 0 Å². The van der Waals surface area contributed by atoms with Crippen molar-refractivity contribution in [1.82, 2.24) is 5.32 Å². The summed E-state index contributed by atoms with van der Waals surface area (Å²) < 4.78 is 13.3. The Hall–Kier alpha value is -2.60. The van der Waals surface area contributed by atoms with Gasteiger partial charge in [-0.3, -0.25) is 0 Å². The van der Waals surface area contributed by atoms with Crippen LogP contribution in [0.3, 0.4) is 0 Å². The number of benzene rings is 2. The minimum atomic E-state index is -0.864. The number of halogens is 1. The molecule has 110 valence electrons. The van der Waals surface area contributed by atoms with Gasteiger partial charge in [0.1, 0.15) is 5.82 Å². The van der Waals surface area contributed by atoms with Crippen LogP contribution in [0.25, 0.3) is 0 Å². The first-order valence-corrected chi connectivity index (χ1v) is 6.39. The average molecular weight is 289 g/mol. The molecule has 21 heavy (non-hydrogen) atoms. The number of carbonyl (C=O) groups is 1. The first-order chi connectivity index (χ1) is 10.1. The first-order valence-electron chi connectivity index (χ1n) is 6.39. The maximum Gasteiger partial charge on any atom is 0.319 e. The SMILES string of the molecule is Nc1ccc(C(O)CNC(=O)Nc2ccccc2F)cc1. The molecule has 0 radical (unpaired) electrons. The number of nitrogens with two attached hydrogens (primary N) is 1. The van der Waals surface area contributed by atoms with Gasteiger partial charge in [0, 0.05) is 12.2 Å². The molecule has 2 amide bonds. The molecule has 6 heteroatoms. The maximum absolute atomic E-state index is 13.3. The Bertz CT molecular complexity index is 617. The first kappa shape index (κ1) is 14.8. The van der Waals surface area contributed by atoms with Gasteiger partial charge in [-0.25, -0.2) is 9.18 Å². The molecule has 5 nitrogen and oxygen atoms in total. The topological polar surface area (TPSA) is 87.4 Å². The van der Waals surface area contributed by atoms with Crippen molar-refractivity contribution in [2.75, 3.05) is 17.6 Å². The van der Waals surface area contributed by atoms with Crippen molar-refractivity contribution in [3.05, 3.63) is 59.9 Å². The lowest BCUT2D eigenvalue weighted by Crippen LogP contribution is -2.32. The third-order valence-corrected chi connectivity index (χ3v) is 2.90. The molecule has 2 aromatic carbocycles. The fourth-order valence-corrected chi connectivity index (χ4v) is 1.75. The van der Waals surface area contributed by atoms with Crippen LogP contribution >= 0.6 is 0 Å². The molecule has 0 aliphatic heterocycles. The van der Waals surface area contributed by atoms with E-state index in [-0.39, 0.29) is 12.2 Å². The second kappa shape index (κ2) is 6.71. The minimum absolute atomic E-state index is 0.00417. The Labute approximate surface area is 121 Å². The van der Waals surface area contributed by atoms with E-state index >= 15 is 0 Å². The summed E-state index contributed by atoms with van der Waals surface area (Å²) in [4.78, 5) is 11.6. The molecule has 0 fully saturated rings. The summed E-state index contributed by atoms with van der Waals surface area (Å²) in [6, 6.07) is 11.9. The van der Waals surface area contributed by atoms with Gasteiger partial charge in [-0.2, -0.15) is 0 Å². The standard InChI is InChI=1S/C15H16FN3O2/c16-12-3-1-2-4-13(12)19-15(21)18-9-14(20)10-5-7-11(17)8-6-10/h1-8,14,20H,9,17H2,(H2,18,19,21). The van der Waals surface area contributed by atoms with Crippen molar-refractivity contribution in [2.45, 2.75) is 6.10 Å². The van der Waals surface area contributed by atoms with Gasteiger partial charge < -0.3 is 21.5 Å². The van der Waals surface area contributed by atoms with Crippen molar-refractivity contribution in [1.29, 1.82) is 0 Å². The highest BCUT2D eigenvalue weighted by Crippen LogP contribution is 2.14. The molecule has 1 unspecified atom stereocenters. The van der Waals surface area contributed by atoms with Crippen molar-refractivity contribution in [3.63, 3.8) is 0 Å². The zero-order chi connectivity index (χ0) is 15.2. The van der Waals surface area contributed by atoms with E-state index in [0.717, 1.165) is 0 Å². The molecule has 0 saturated carbocycles. The smallest absolute Gasteiger partial charge is 0.319 e. The number of aliphatic hydroxyl groups is 1. The van der Waals surface area contributed by atoms with Crippen LogP contribution in [0.2, 0.25) is 0 Å². The van der Waals surface area contributed by atoms with Crippen molar-refractivity contribution in [3.8, 4) is 0 Å². The van der Waals surface area contributed by atoms with Crippen LogP contribution in [0, 0.1) is 5.82 Å². The van der Waals surface area contributed by atoms with E-state index in [2.05, 4.69) is 10.6 Å². The number of hydrogen-bond acceptors (Lipinski definition) is 3. The number of rotatable bonds is 4. The fourth-order valence-electron chi connectivity index (χ4n) is 1.75. The number of para-hydroxylation sites is 1. The zero-order valence-electron chi connectivity index (χ0n) is 11.2. The summed E-state index contributed by atoms with van der Waals surface area (Å²) >= 11 is 0. The van der Waals surface area contributed by atoms with Crippen molar-refractivity contribution < 1.29 is 14.3 Å². The van der Waals surface area contributed by atoms with Crippen LogP contribution in [0.15, 0.2) is 48.5 Å². The van der Waals surface area contributed by atoms with Gasteiger partial charge in [-0.1, -0.05) is 24.3 Å². The molecule has 5 N–H and O–H groups in total. The number of amides is 2. The molecule has 0 aliphatic carbocycles. The molecule has 0 saturated heterocycles. The quantitative estimate of drug-likeness (QED) is 0.651. The minimum Gasteiger partial charge on any atom is -0.399 e. The highest BCUT2D eigenvalue weighted by atomic mass is 19.1. The van der Waals surface area contributed by atoms with E-state index < -0.39 is 18.0 Å². The summed E-state index contributed by atoms with van der Waals surface area (Å²) in [5.74, 6) is -0.522. The molecule has 0 heterocycles. The van der Waals surface area contributed by atoms with Crippen LogP contribution in [0.1, 0.15) is 11.7 Å². The number of hydrogen-bond donors (Lipinski definition) is 4. The van der Waals surface area contributed by atoms with E-state index in [1.807, 2.05) is 0 Å². The summed E-state index contributed by atoms with van der Waals surface area (Å²) in [5.41, 5.74) is 6.86. The third-order valence-electron chi connectivity index (χ3n) is 2.90. The van der Waals surface area contributed by atoms with Gasteiger partial charge in [-0.05, 0) is 29.8 Å². The van der Waals surface area contributed by atoms with Gasteiger partial charge in [-0.15, -0.1) is 0 Å². The highest BCUT2D eigenvalue weighted by molar-refractivity contribution is 5.89. The average Bonchev–Trinajstić information content (AvgIpc) is 2.48. The molecule has 0 bridgehead atoms. The fraction of sp³-hybridized carbons (Fsp3) is 0.133. The molecule has 0 spiro atoms. The van der Waals surface area contributed by atoms with E-state index in [1.54, 1.807) is 30.3 Å². The van der Waals surface area contributed by atoms with Crippen LogP contribution in [0.5, 0.6) is 0 Å². The monoisotopic (exact) mass is 289 g/mol. The van der Waals surface area contributed by atoms with Crippen LogP contribution in [0.4, 0.5) is 20.6 Å². The summed E-state index contributed by atoms with van der Waals surface area (Å²) in [6.45, 7) is 0.00417. The van der Waals surface area contributed by atoms with E-state index in [4.69, 9.17) is 5.73 Å². The van der Waals surface area contributed by atoms with Crippen LogP contribution in [-0.2, 0) is 0 Å². The molecular formula is C15H16FN3O2. The number of nitrogens with one attached hydrogen (secondary N) is 2. The van der Waals surface area contributed by atoms with Gasteiger partial charge in [0.05, 0.1) is 11.8 Å². The number of aliphatic hydroxyl groups excluding tert-OH is 1. The van der Waals surface area contributed by atoms with Crippen LogP contribution < -0.4 is 16.4 Å². The molecule has 2 rings (SSSR count). The van der Waals surface area contributed by atoms with Gasteiger partial charge >= 0.3 is 6.03 Å². The van der Waals surface area contributed by atoms with Crippen LogP contribution in [-0.4, -0.2) is 17.7 Å². The Morgan fingerprint density at radius 1 is 1.19 bits per heavy atom. The Kier molecular flexibility index (Phi) is 4.73. The predicted molar refractivity (Wildman–Crippen MR) is 79.2 cm³/mol. The van der Waals surface area contributed by atoms with Crippen molar-refractivity contribution >= 4 is 17.4 Å². The lowest BCUT2D eigenvalue weighted by Gasteiger charge is -2.13. The Balaban J connectivity index is 1.86. The summed E-state index contributed by atoms with van der Waals surface area (Å²) in [5, 5.41) is 14.8. The largest absolute Gasteiger partial charge is 0.399 e. The summed E-state index contributed by atoms with van der Waals surface area (Å²) in [6.07, 6.45) is -0.864. The normalized spacial score (nSPS) is 11.7. The number of nitrogen functional groups attached to an aromatic ring is 1. The lowest BCUT2D eigenvalue weighted by atomic mass is 10.1. The number of carbonyl (C=O) groups excluding carboxylic acids is 1. The molecule has 0 aliphatic rings. The van der Waals surface area contributed by atoms with Gasteiger partial charge in [0.25, 0.3) is 0 Å².